The van der Waals surface area contributed by atoms with Crippen molar-refractivity contribution in [2.75, 3.05) is 26.1 Å². The van der Waals surface area contributed by atoms with E-state index in [2.05, 4.69) is 15.6 Å². The molecule has 11 nitrogen and oxygen atoms in total. The summed E-state index contributed by atoms with van der Waals surface area (Å²) in [7, 11) is 3.09. The maximum atomic E-state index is 13.1. The van der Waals surface area contributed by atoms with Crippen molar-refractivity contribution in [1.29, 1.82) is 0 Å². The van der Waals surface area contributed by atoms with E-state index in [4.69, 9.17) is 21.7 Å². The molecule has 1 fully saturated rings. The fourth-order valence-corrected chi connectivity index (χ4v) is 5.92. The van der Waals surface area contributed by atoms with Gasteiger partial charge in [0.15, 0.2) is 5.11 Å². The molecule has 4 aromatic rings. The van der Waals surface area contributed by atoms with Crippen LogP contribution in [0, 0.1) is 24.0 Å². The third kappa shape index (κ3) is 5.86. The highest BCUT2D eigenvalue weighted by Crippen LogP contribution is 2.42. The fourth-order valence-electron chi connectivity index (χ4n) is 5.59. The van der Waals surface area contributed by atoms with Gasteiger partial charge in [-0.05, 0) is 68.0 Å². The average Bonchev–Trinajstić information content (AvgIpc) is 3.50. The molecule has 1 saturated heterocycles. The van der Waals surface area contributed by atoms with Crippen LogP contribution in [0.1, 0.15) is 41.1 Å². The van der Waals surface area contributed by atoms with Gasteiger partial charge in [0, 0.05) is 42.7 Å². The molecule has 5 rings (SSSR count). The third-order valence-corrected chi connectivity index (χ3v) is 7.91. The minimum absolute atomic E-state index is 0.0393. The number of anilines is 1. The minimum Gasteiger partial charge on any atom is -0.495 e. The number of hydrogen-bond donors (Lipinski definition) is 2. The summed E-state index contributed by atoms with van der Waals surface area (Å²) < 4.78 is 12.9. The van der Waals surface area contributed by atoms with Crippen LogP contribution in [-0.2, 0) is 4.79 Å². The first-order valence-electron chi connectivity index (χ1n) is 13.7. The molecule has 12 heteroatoms. The van der Waals surface area contributed by atoms with Crippen LogP contribution in [0.25, 0.3) is 5.69 Å². The summed E-state index contributed by atoms with van der Waals surface area (Å²) in [5.41, 5.74) is 4.57. The molecule has 0 saturated carbocycles. The predicted molar refractivity (Wildman–Crippen MR) is 167 cm³/mol. The Morgan fingerprint density at radius 1 is 1.07 bits per heavy atom. The van der Waals surface area contributed by atoms with Gasteiger partial charge >= 0.3 is 0 Å². The number of nitrogens with one attached hydrogen (secondary N) is 2. The third-order valence-electron chi connectivity index (χ3n) is 7.56. The lowest BCUT2D eigenvalue weighted by atomic mass is 9.96. The molecule has 0 bridgehead atoms. The van der Waals surface area contributed by atoms with E-state index in [1.54, 1.807) is 31.5 Å². The summed E-state index contributed by atoms with van der Waals surface area (Å²) >= 11 is 5.81. The number of aryl methyl sites for hydroxylation is 1. The van der Waals surface area contributed by atoms with Gasteiger partial charge in [-0.15, -0.1) is 0 Å². The number of nitrogens with zero attached hydrogens (tertiary/aromatic N) is 4. The maximum Gasteiger partial charge on any atom is 0.271 e. The zero-order valence-electron chi connectivity index (χ0n) is 24.2. The number of nitro groups is 1. The van der Waals surface area contributed by atoms with Crippen molar-refractivity contribution in [3.05, 3.63) is 106 Å². The number of benzene rings is 2. The summed E-state index contributed by atoms with van der Waals surface area (Å²) in [5, 5.41) is 18.5. The Morgan fingerprint density at radius 2 is 1.81 bits per heavy atom. The van der Waals surface area contributed by atoms with Gasteiger partial charge in [0.2, 0.25) is 5.91 Å². The van der Waals surface area contributed by atoms with Gasteiger partial charge < -0.3 is 29.6 Å². The molecule has 2 N–H and O–H groups in total. The summed E-state index contributed by atoms with van der Waals surface area (Å²) in [6.07, 6.45) is 1.90. The van der Waals surface area contributed by atoms with Crippen molar-refractivity contribution in [3.8, 4) is 17.2 Å². The Hall–Kier alpha value is -4.97. The van der Waals surface area contributed by atoms with Crippen LogP contribution in [0.15, 0.2) is 72.9 Å². The van der Waals surface area contributed by atoms with Gasteiger partial charge in [0.05, 0.1) is 48.3 Å². The van der Waals surface area contributed by atoms with Gasteiger partial charge in [-0.25, -0.2) is 0 Å². The molecule has 3 heterocycles. The van der Waals surface area contributed by atoms with E-state index in [0.29, 0.717) is 34.5 Å². The van der Waals surface area contributed by atoms with Crippen LogP contribution in [0.2, 0.25) is 0 Å². The topological polar surface area (TPSA) is 124 Å². The molecule has 43 heavy (non-hydrogen) atoms. The van der Waals surface area contributed by atoms with Crippen LogP contribution >= 0.6 is 12.2 Å². The molecule has 2 aromatic heterocycles. The van der Waals surface area contributed by atoms with Crippen LogP contribution in [0.5, 0.6) is 11.5 Å². The first-order chi connectivity index (χ1) is 20.7. The highest BCUT2D eigenvalue weighted by atomic mass is 32.1. The van der Waals surface area contributed by atoms with E-state index in [1.807, 2.05) is 59.7 Å². The Labute approximate surface area is 254 Å². The molecule has 1 amide bonds. The first kappa shape index (κ1) is 29.5. The van der Waals surface area contributed by atoms with Crippen molar-refractivity contribution >= 4 is 34.6 Å². The lowest BCUT2D eigenvalue weighted by molar-refractivity contribution is -0.384. The Morgan fingerprint density at radius 3 is 2.51 bits per heavy atom. The number of thiocarbonyl (C=S) groups is 1. The zero-order chi connectivity index (χ0) is 30.7. The number of pyridine rings is 1. The number of aromatic nitrogens is 2. The van der Waals surface area contributed by atoms with E-state index in [-0.39, 0.29) is 30.1 Å². The number of para-hydroxylation sites is 2. The first-order valence-corrected chi connectivity index (χ1v) is 14.1. The number of ether oxygens (including phenoxy) is 2. The average molecular weight is 601 g/mol. The molecule has 0 spiro atoms. The fraction of sp³-hybridized carbons (Fsp3) is 0.258. The summed E-state index contributed by atoms with van der Waals surface area (Å²) in [4.78, 5) is 30.9. The SMILES string of the molecule is COc1ccccc1NC(=O)CCN1C(=S)N[C@@H](c2ccccn2)[C@@H]1c1cc(C)n(-c2cc([N+](=O)[O-])ccc2OC)c1C. The molecule has 2 aromatic carbocycles. The maximum absolute atomic E-state index is 13.1. The number of non-ortho nitro benzene ring substituents is 1. The van der Waals surface area contributed by atoms with Gasteiger partial charge in [-0.3, -0.25) is 19.9 Å². The summed E-state index contributed by atoms with van der Waals surface area (Å²) in [6, 6.07) is 18.9. The summed E-state index contributed by atoms with van der Waals surface area (Å²) in [6.45, 7) is 4.24. The number of carbonyl (C=O) groups is 1. The van der Waals surface area contributed by atoms with Crippen molar-refractivity contribution in [3.63, 3.8) is 0 Å². The van der Waals surface area contributed by atoms with Crippen molar-refractivity contribution in [1.82, 2.24) is 19.8 Å². The molecule has 1 aliphatic rings. The molecule has 222 valence electrons. The lowest BCUT2D eigenvalue weighted by Crippen LogP contribution is -2.33. The van der Waals surface area contributed by atoms with Crippen LogP contribution in [0.3, 0.4) is 0 Å². The van der Waals surface area contributed by atoms with E-state index >= 15 is 0 Å². The van der Waals surface area contributed by atoms with E-state index in [9.17, 15) is 14.9 Å². The number of carbonyl (C=O) groups excluding carboxylic acids is 1. The van der Waals surface area contributed by atoms with Gasteiger partial charge in [-0.1, -0.05) is 18.2 Å². The van der Waals surface area contributed by atoms with Gasteiger partial charge in [0.1, 0.15) is 11.5 Å². The number of nitro benzene ring substituents is 1. The predicted octanol–water partition coefficient (Wildman–Crippen LogP) is 5.42. The molecule has 1 aliphatic heterocycles. The molecule has 0 aliphatic carbocycles. The van der Waals surface area contributed by atoms with E-state index in [0.717, 1.165) is 22.6 Å². The zero-order valence-corrected chi connectivity index (χ0v) is 25.1. The minimum atomic E-state index is -0.424. The number of methoxy groups -OCH3 is 2. The highest BCUT2D eigenvalue weighted by molar-refractivity contribution is 7.80. The number of amides is 1. The van der Waals surface area contributed by atoms with E-state index in [1.165, 1.54) is 19.2 Å². The number of rotatable bonds is 10. The van der Waals surface area contributed by atoms with Crippen molar-refractivity contribution in [2.45, 2.75) is 32.4 Å². The lowest BCUT2D eigenvalue weighted by Gasteiger charge is -2.28. The number of hydrogen-bond acceptors (Lipinski definition) is 7. The molecular formula is C31H32N6O5S. The molecule has 2 atom stereocenters. The second-order valence-electron chi connectivity index (χ2n) is 10.1. The summed E-state index contributed by atoms with van der Waals surface area (Å²) in [5.74, 6) is 0.899. The van der Waals surface area contributed by atoms with Crippen LogP contribution in [-0.4, -0.2) is 51.2 Å². The van der Waals surface area contributed by atoms with Crippen molar-refractivity contribution < 1.29 is 19.2 Å². The Balaban J connectivity index is 1.52. The smallest absolute Gasteiger partial charge is 0.271 e. The standard InChI is InChI=1S/C31H32N6O5S/c1-19-17-22(20(2)36(19)25-18-21(37(39)40)12-13-27(25)42-4)30-29(24-10-7-8-15-32-24)34-31(43)35(30)16-14-28(38)33-23-9-5-6-11-26(23)41-3/h5-13,15,17-18,29-30H,14,16H2,1-4H3,(H,33,38)(H,34,43)/t29-,30-/m0/s1. The Bertz CT molecular complexity index is 1670. The molecule has 0 unspecified atom stereocenters. The monoisotopic (exact) mass is 600 g/mol. The van der Waals surface area contributed by atoms with Gasteiger partial charge in [0.25, 0.3) is 5.69 Å². The van der Waals surface area contributed by atoms with Crippen LogP contribution < -0.4 is 20.1 Å². The van der Waals surface area contributed by atoms with Crippen LogP contribution in [0.4, 0.5) is 11.4 Å². The largest absolute Gasteiger partial charge is 0.495 e. The second-order valence-corrected chi connectivity index (χ2v) is 10.5. The molecule has 0 radical (unpaired) electrons. The normalized spacial score (nSPS) is 16.1. The molecular weight excluding hydrogens is 568 g/mol. The Kier molecular flexibility index (Phi) is 8.58. The van der Waals surface area contributed by atoms with Gasteiger partial charge in [-0.2, -0.15) is 0 Å². The quantitative estimate of drug-likeness (QED) is 0.140. The second kappa shape index (κ2) is 12.5. The van der Waals surface area contributed by atoms with Crippen molar-refractivity contribution in [2.24, 2.45) is 0 Å². The highest BCUT2D eigenvalue weighted by Gasteiger charge is 2.41. The van der Waals surface area contributed by atoms with E-state index < -0.39 is 4.92 Å².